The molecule has 0 unspecified atom stereocenters. The number of ether oxygens (including phenoxy) is 1. The van der Waals surface area contributed by atoms with E-state index in [1.54, 1.807) is 17.1 Å². The lowest BCUT2D eigenvalue weighted by Gasteiger charge is -2.25. The van der Waals surface area contributed by atoms with Crippen molar-refractivity contribution in [3.63, 3.8) is 0 Å². The maximum atomic E-state index is 11.9. The zero-order valence-corrected chi connectivity index (χ0v) is 12.3. The van der Waals surface area contributed by atoms with E-state index in [1.165, 1.54) is 5.56 Å². The van der Waals surface area contributed by atoms with Gasteiger partial charge in [-0.2, -0.15) is 0 Å². The van der Waals surface area contributed by atoms with E-state index in [1.807, 2.05) is 18.2 Å². The van der Waals surface area contributed by atoms with Gasteiger partial charge in [0.25, 0.3) is 0 Å². The van der Waals surface area contributed by atoms with Crippen LogP contribution in [0.4, 0.5) is 0 Å². The number of aliphatic hydroxyl groups is 1. The molecule has 1 amide bonds. The molecule has 0 saturated carbocycles. The summed E-state index contributed by atoms with van der Waals surface area (Å²) in [7, 11) is 0. The van der Waals surface area contributed by atoms with E-state index in [-0.39, 0.29) is 5.91 Å². The number of carbonyl (C=O) groups excluding carboxylic acids is 1. The lowest BCUT2D eigenvalue weighted by Crippen LogP contribution is -2.39. The first-order chi connectivity index (χ1) is 10.3. The molecule has 0 radical (unpaired) electrons. The number of carbonyl (C=O) groups is 1. The summed E-state index contributed by atoms with van der Waals surface area (Å²) in [5.41, 5.74) is 1.23. The average molecular weight is 289 g/mol. The number of hydrogen-bond acceptors (Lipinski definition) is 3. The van der Waals surface area contributed by atoms with Crippen molar-refractivity contribution in [1.82, 2.24) is 4.90 Å². The minimum Gasteiger partial charge on any atom is -0.393 e. The van der Waals surface area contributed by atoms with Gasteiger partial charge in [0, 0.05) is 13.1 Å². The Kier molecular flexibility index (Phi) is 6.44. The second-order valence-electron chi connectivity index (χ2n) is 5.25. The third-order valence-corrected chi connectivity index (χ3v) is 3.60. The van der Waals surface area contributed by atoms with Gasteiger partial charge in [-0.05, 0) is 30.9 Å². The fourth-order valence-corrected chi connectivity index (χ4v) is 2.31. The van der Waals surface area contributed by atoms with Crippen molar-refractivity contribution in [3.05, 3.63) is 48.0 Å². The van der Waals surface area contributed by atoms with Crippen molar-refractivity contribution in [2.24, 2.45) is 0 Å². The number of nitrogens with zero attached hydrogens (tertiary/aromatic N) is 1. The van der Waals surface area contributed by atoms with E-state index in [4.69, 9.17) is 4.74 Å². The number of aliphatic hydroxyl groups excluding tert-OH is 1. The third-order valence-electron chi connectivity index (χ3n) is 3.60. The molecular formula is C17H23NO3. The van der Waals surface area contributed by atoms with Crippen LogP contribution in [0.15, 0.2) is 42.5 Å². The van der Waals surface area contributed by atoms with E-state index in [0.717, 1.165) is 6.42 Å². The van der Waals surface area contributed by atoms with Gasteiger partial charge in [0.05, 0.1) is 19.3 Å². The van der Waals surface area contributed by atoms with E-state index < -0.39 is 6.10 Å². The van der Waals surface area contributed by atoms with Crippen LogP contribution in [0.2, 0.25) is 0 Å². The molecule has 1 aliphatic heterocycles. The molecule has 4 heteroatoms. The molecule has 1 N–H and O–H groups in total. The number of morpholine rings is 1. The molecule has 1 heterocycles. The molecule has 0 aromatic heterocycles. The second kappa shape index (κ2) is 8.60. The lowest BCUT2D eigenvalue weighted by atomic mass is 10.0. The van der Waals surface area contributed by atoms with Gasteiger partial charge in [-0.3, -0.25) is 4.79 Å². The van der Waals surface area contributed by atoms with Gasteiger partial charge in [0.1, 0.15) is 0 Å². The van der Waals surface area contributed by atoms with Crippen LogP contribution in [0.3, 0.4) is 0 Å². The van der Waals surface area contributed by atoms with Gasteiger partial charge < -0.3 is 14.7 Å². The van der Waals surface area contributed by atoms with E-state index in [9.17, 15) is 9.90 Å². The summed E-state index contributed by atoms with van der Waals surface area (Å²) in [6.07, 6.45) is 5.01. The highest BCUT2D eigenvalue weighted by atomic mass is 16.5. The van der Waals surface area contributed by atoms with Crippen molar-refractivity contribution >= 4 is 5.91 Å². The quantitative estimate of drug-likeness (QED) is 0.812. The monoisotopic (exact) mass is 289 g/mol. The Morgan fingerprint density at radius 2 is 2.00 bits per heavy atom. The molecule has 114 valence electrons. The van der Waals surface area contributed by atoms with Gasteiger partial charge >= 0.3 is 0 Å². The van der Waals surface area contributed by atoms with Gasteiger partial charge in [-0.25, -0.2) is 0 Å². The predicted molar refractivity (Wildman–Crippen MR) is 81.9 cm³/mol. The first-order valence-electron chi connectivity index (χ1n) is 7.51. The average Bonchev–Trinajstić information content (AvgIpc) is 2.54. The Hall–Kier alpha value is -1.65. The van der Waals surface area contributed by atoms with Crippen molar-refractivity contribution in [1.29, 1.82) is 0 Å². The Morgan fingerprint density at radius 1 is 1.29 bits per heavy atom. The van der Waals surface area contributed by atoms with Crippen LogP contribution in [-0.2, 0) is 16.0 Å². The van der Waals surface area contributed by atoms with E-state index in [2.05, 4.69) is 12.1 Å². The van der Waals surface area contributed by atoms with E-state index in [0.29, 0.717) is 39.1 Å². The van der Waals surface area contributed by atoms with Gasteiger partial charge in [0.15, 0.2) is 0 Å². The molecule has 21 heavy (non-hydrogen) atoms. The minimum absolute atomic E-state index is 0.00793. The van der Waals surface area contributed by atoms with Gasteiger partial charge in [-0.15, -0.1) is 0 Å². The Labute approximate surface area is 126 Å². The van der Waals surface area contributed by atoms with Crippen molar-refractivity contribution in [2.75, 3.05) is 26.3 Å². The molecule has 1 aliphatic rings. The zero-order chi connectivity index (χ0) is 14.9. The Bertz CT molecular complexity index is 452. The standard InChI is InChI=1S/C17H23NO3/c19-16(10-9-15-5-2-1-3-6-15)7-4-8-17(20)18-11-13-21-14-12-18/h1-6,8,16,19H,7,9-14H2/b8-4+/t16-/m1/s1. The topological polar surface area (TPSA) is 49.8 Å². The van der Waals surface area contributed by atoms with Crippen LogP contribution < -0.4 is 0 Å². The Morgan fingerprint density at radius 3 is 2.71 bits per heavy atom. The normalized spacial score (nSPS) is 17.1. The van der Waals surface area contributed by atoms with Crippen LogP contribution in [0.25, 0.3) is 0 Å². The molecule has 1 saturated heterocycles. The lowest BCUT2D eigenvalue weighted by molar-refractivity contribution is -0.129. The number of hydrogen-bond donors (Lipinski definition) is 1. The minimum atomic E-state index is -0.404. The number of benzene rings is 1. The summed E-state index contributed by atoms with van der Waals surface area (Å²) in [6, 6.07) is 10.1. The van der Waals surface area contributed by atoms with Crippen molar-refractivity contribution in [2.45, 2.75) is 25.4 Å². The highest BCUT2D eigenvalue weighted by molar-refractivity contribution is 5.87. The fourth-order valence-electron chi connectivity index (χ4n) is 2.31. The highest BCUT2D eigenvalue weighted by Gasteiger charge is 2.14. The van der Waals surface area contributed by atoms with Crippen LogP contribution in [0.5, 0.6) is 0 Å². The van der Waals surface area contributed by atoms with Gasteiger partial charge in [0.2, 0.25) is 5.91 Å². The molecule has 4 nitrogen and oxygen atoms in total. The summed E-state index contributed by atoms with van der Waals surface area (Å²) in [6.45, 7) is 2.53. The summed E-state index contributed by atoms with van der Waals surface area (Å²) in [5.74, 6) is 0.00793. The molecule has 1 aromatic rings. The summed E-state index contributed by atoms with van der Waals surface area (Å²) >= 11 is 0. The van der Waals surface area contributed by atoms with E-state index >= 15 is 0 Å². The highest BCUT2D eigenvalue weighted by Crippen LogP contribution is 2.08. The second-order valence-corrected chi connectivity index (χ2v) is 5.25. The van der Waals surface area contributed by atoms with Gasteiger partial charge in [-0.1, -0.05) is 36.4 Å². The summed E-state index contributed by atoms with van der Waals surface area (Å²) in [5, 5.41) is 9.94. The molecule has 1 fully saturated rings. The van der Waals surface area contributed by atoms with Crippen LogP contribution in [0.1, 0.15) is 18.4 Å². The predicted octanol–water partition coefficient (Wildman–Crippen LogP) is 1.79. The van der Waals surface area contributed by atoms with Crippen molar-refractivity contribution < 1.29 is 14.6 Å². The molecule has 2 rings (SSSR count). The number of amides is 1. The summed E-state index contributed by atoms with van der Waals surface area (Å²) in [4.78, 5) is 13.6. The van der Waals surface area contributed by atoms with Crippen LogP contribution >= 0.6 is 0 Å². The number of rotatable bonds is 6. The maximum Gasteiger partial charge on any atom is 0.246 e. The van der Waals surface area contributed by atoms with Crippen LogP contribution in [0, 0.1) is 0 Å². The SMILES string of the molecule is O=C(/C=C/C[C@@H](O)CCc1ccccc1)N1CCOCC1. The molecule has 0 bridgehead atoms. The number of aryl methyl sites for hydroxylation is 1. The summed E-state index contributed by atoms with van der Waals surface area (Å²) < 4.78 is 5.21. The van der Waals surface area contributed by atoms with Crippen molar-refractivity contribution in [3.8, 4) is 0 Å². The Balaban J connectivity index is 1.66. The molecular weight excluding hydrogens is 266 g/mol. The largest absolute Gasteiger partial charge is 0.393 e. The molecule has 1 atom stereocenters. The van der Waals surface area contributed by atoms with Crippen LogP contribution in [-0.4, -0.2) is 48.3 Å². The smallest absolute Gasteiger partial charge is 0.246 e. The third kappa shape index (κ3) is 5.69. The molecule has 0 aliphatic carbocycles. The fraction of sp³-hybridized carbons (Fsp3) is 0.471. The zero-order valence-electron chi connectivity index (χ0n) is 12.3. The molecule has 1 aromatic carbocycles. The maximum absolute atomic E-state index is 11.9. The molecule has 0 spiro atoms. The first kappa shape index (κ1) is 15.7. The first-order valence-corrected chi connectivity index (χ1v) is 7.51.